The standard InChI is InChI=1S/C28H22N2O2/c1-20-8-6-13-25(16-20)30-28(31)24(18-29)17-22-10-3-5-15-27(22)32-19-23-12-7-11-21-9-2-4-14-26(21)23/h2-17H,19H2,1H3,(H,30,31)/b24-17+. The molecule has 0 saturated carbocycles. The molecule has 32 heavy (non-hydrogen) atoms. The molecule has 156 valence electrons. The van der Waals surface area contributed by atoms with E-state index in [9.17, 15) is 10.1 Å². The number of amides is 1. The van der Waals surface area contributed by atoms with Gasteiger partial charge in [-0.2, -0.15) is 5.26 Å². The number of hydrogen-bond donors (Lipinski definition) is 1. The summed E-state index contributed by atoms with van der Waals surface area (Å²) in [7, 11) is 0. The van der Waals surface area contributed by atoms with Crippen molar-refractivity contribution in [2.24, 2.45) is 0 Å². The van der Waals surface area contributed by atoms with Crippen LogP contribution in [0, 0.1) is 18.3 Å². The monoisotopic (exact) mass is 418 g/mol. The van der Waals surface area contributed by atoms with Crippen molar-refractivity contribution < 1.29 is 9.53 Å². The number of nitrogens with one attached hydrogen (secondary N) is 1. The summed E-state index contributed by atoms with van der Waals surface area (Å²) in [4.78, 5) is 12.7. The number of ether oxygens (including phenoxy) is 1. The number of nitrogens with zero attached hydrogens (tertiary/aromatic N) is 1. The lowest BCUT2D eigenvalue weighted by molar-refractivity contribution is -0.112. The SMILES string of the molecule is Cc1cccc(NC(=O)/C(C#N)=C/c2ccccc2OCc2cccc3ccccc23)c1. The Morgan fingerprint density at radius 1 is 0.969 bits per heavy atom. The Balaban J connectivity index is 1.56. The van der Waals surface area contributed by atoms with Crippen LogP contribution in [0.5, 0.6) is 5.75 Å². The highest BCUT2D eigenvalue weighted by molar-refractivity contribution is 6.09. The van der Waals surface area contributed by atoms with Crippen LogP contribution in [0.3, 0.4) is 0 Å². The van der Waals surface area contributed by atoms with Gasteiger partial charge in [-0.05, 0) is 53.1 Å². The number of rotatable bonds is 6. The molecule has 0 atom stereocenters. The fourth-order valence-corrected chi connectivity index (χ4v) is 3.53. The van der Waals surface area contributed by atoms with Gasteiger partial charge in [0.25, 0.3) is 5.91 Å². The van der Waals surface area contributed by atoms with Crippen LogP contribution in [0.25, 0.3) is 16.8 Å². The largest absolute Gasteiger partial charge is 0.488 e. The van der Waals surface area contributed by atoms with Crippen LogP contribution in [-0.2, 0) is 11.4 Å². The van der Waals surface area contributed by atoms with E-state index in [4.69, 9.17) is 4.74 Å². The third-order valence-electron chi connectivity index (χ3n) is 5.12. The van der Waals surface area contributed by atoms with Gasteiger partial charge in [-0.3, -0.25) is 4.79 Å². The van der Waals surface area contributed by atoms with Crippen molar-refractivity contribution in [3.05, 3.63) is 113 Å². The van der Waals surface area contributed by atoms with Crippen molar-refractivity contribution in [2.75, 3.05) is 5.32 Å². The summed E-state index contributed by atoms with van der Waals surface area (Å²) in [6.45, 7) is 2.32. The molecule has 0 saturated heterocycles. The van der Waals surface area contributed by atoms with Crippen LogP contribution >= 0.6 is 0 Å². The molecule has 0 heterocycles. The Hall–Kier alpha value is -4.36. The van der Waals surface area contributed by atoms with Crippen molar-refractivity contribution in [3.8, 4) is 11.8 Å². The molecule has 4 nitrogen and oxygen atoms in total. The molecule has 0 spiro atoms. The van der Waals surface area contributed by atoms with Gasteiger partial charge in [0.05, 0.1) is 0 Å². The molecule has 0 unspecified atom stereocenters. The number of carbonyl (C=O) groups excluding carboxylic acids is 1. The Bertz CT molecular complexity index is 1340. The van der Waals surface area contributed by atoms with Crippen LogP contribution in [0.4, 0.5) is 5.69 Å². The van der Waals surface area contributed by atoms with Gasteiger partial charge in [0.2, 0.25) is 0 Å². The van der Waals surface area contributed by atoms with Gasteiger partial charge in [0.15, 0.2) is 0 Å². The van der Waals surface area contributed by atoms with Gasteiger partial charge in [-0.25, -0.2) is 0 Å². The maximum absolute atomic E-state index is 12.7. The second-order valence-corrected chi connectivity index (χ2v) is 7.46. The zero-order valence-corrected chi connectivity index (χ0v) is 17.7. The molecule has 0 aliphatic rings. The Morgan fingerprint density at radius 3 is 2.56 bits per heavy atom. The second kappa shape index (κ2) is 9.63. The molecule has 4 rings (SSSR count). The van der Waals surface area contributed by atoms with Crippen molar-refractivity contribution in [1.82, 2.24) is 0 Å². The third kappa shape index (κ3) is 4.85. The Morgan fingerprint density at radius 2 is 1.72 bits per heavy atom. The van der Waals surface area contributed by atoms with Gasteiger partial charge in [-0.1, -0.05) is 72.8 Å². The third-order valence-corrected chi connectivity index (χ3v) is 5.12. The van der Waals surface area contributed by atoms with Crippen molar-refractivity contribution >= 4 is 28.4 Å². The molecule has 4 aromatic carbocycles. The molecular weight excluding hydrogens is 396 g/mol. The van der Waals surface area contributed by atoms with Gasteiger partial charge in [0.1, 0.15) is 24.0 Å². The molecule has 0 aliphatic heterocycles. The smallest absolute Gasteiger partial charge is 0.266 e. The highest BCUT2D eigenvalue weighted by Crippen LogP contribution is 2.25. The van der Waals surface area contributed by atoms with E-state index >= 15 is 0 Å². The Kier molecular flexibility index (Phi) is 6.29. The van der Waals surface area contributed by atoms with Crippen LogP contribution in [0.15, 0.2) is 96.6 Å². The van der Waals surface area contributed by atoms with Gasteiger partial charge < -0.3 is 10.1 Å². The first-order valence-electron chi connectivity index (χ1n) is 10.3. The lowest BCUT2D eigenvalue weighted by Gasteiger charge is -2.12. The zero-order valence-electron chi connectivity index (χ0n) is 17.7. The van der Waals surface area contributed by atoms with E-state index in [1.807, 2.05) is 79.7 Å². The summed E-state index contributed by atoms with van der Waals surface area (Å²) >= 11 is 0. The first-order chi connectivity index (χ1) is 15.6. The van der Waals surface area contributed by atoms with Gasteiger partial charge in [-0.15, -0.1) is 0 Å². The lowest BCUT2D eigenvalue weighted by Crippen LogP contribution is -2.13. The van der Waals surface area contributed by atoms with Crippen molar-refractivity contribution in [2.45, 2.75) is 13.5 Å². The molecule has 0 aliphatic carbocycles. The fourth-order valence-electron chi connectivity index (χ4n) is 3.53. The molecule has 0 radical (unpaired) electrons. The summed E-state index contributed by atoms with van der Waals surface area (Å²) in [6, 6.07) is 31.1. The average molecular weight is 418 g/mol. The number of benzene rings is 4. The molecular formula is C28H22N2O2. The minimum atomic E-state index is -0.457. The quantitative estimate of drug-likeness (QED) is 0.296. The topological polar surface area (TPSA) is 62.1 Å². The van der Waals surface area contributed by atoms with E-state index in [0.29, 0.717) is 23.6 Å². The molecule has 4 aromatic rings. The normalized spacial score (nSPS) is 11.1. The maximum atomic E-state index is 12.7. The lowest BCUT2D eigenvalue weighted by atomic mass is 10.1. The average Bonchev–Trinajstić information content (AvgIpc) is 2.81. The Labute approximate surface area is 187 Å². The summed E-state index contributed by atoms with van der Waals surface area (Å²) in [5, 5.41) is 14.7. The number of fused-ring (bicyclic) bond motifs is 1. The van der Waals surface area contributed by atoms with Crippen molar-refractivity contribution in [1.29, 1.82) is 5.26 Å². The summed E-state index contributed by atoms with van der Waals surface area (Å²) in [6.07, 6.45) is 1.56. The highest BCUT2D eigenvalue weighted by Gasteiger charge is 2.12. The number of nitriles is 1. The van der Waals surface area contributed by atoms with E-state index in [1.54, 1.807) is 12.1 Å². The maximum Gasteiger partial charge on any atom is 0.266 e. The zero-order chi connectivity index (χ0) is 22.3. The first-order valence-corrected chi connectivity index (χ1v) is 10.3. The fraction of sp³-hybridized carbons (Fsp3) is 0.0714. The number of aryl methyl sites for hydroxylation is 1. The molecule has 1 N–H and O–H groups in total. The van der Waals surface area contributed by atoms with Gasteiger partial charge in [0, 0.05) is 11.3 Å². The van der Waals surface area contributed by atoms with Crippen LogP contribution in [0.2, 0.25) is 0 Å². The minimum Gasteiger partial charge on any atom is -0.488 e. The second-order valence-electron chi connectivity index (χ2n) is 7.46. The minimum absolute atomic E-state index is 0.00715. The van der Waals surface area contributed by atoms with E-state index in [2.05, 4.69) is 23.5 Å². The summed E-state index contributed by atoms with van der Waals surface area (Å²) in [5.74, 6) is 0.151. The van der Waals surface area contributed by atoms with Gasteiger partial charge >= 0.3 is 0 Å². The van der Waals surface area contributed by atoms with E-state index in [1.165, 1.54) is 0 Å². The number of hydrogen-bond acceptors (Lipinski definition) is 3. The van der Waals surface area contributed by atoms with E-state index in [-0.39, 0.29) is 5.57 Å². The van der Waals surface area contributed by atoms with Crippen LogP contribution < -0.4 is 10.1 Å². The van der Waals surface area contributed by atoms with Crippen molar-refractivity contribution in [3.63, 3.8) is 0 Å². The van der Waals surface area contributed by atoms with Crippen LogP contribution in [-0.4, -0.2) is 5.91 Å². The predicted octanol–water partition coefficient (Wildman–Crippen LogP) is 6.27. The number of carbonyl (C=O) groups is 1. The highest BCUT2D eigenvalue weighted by atomic mass is 16.5. The van der Waals surface area contributed by atoms with Crippen LogP contribution in [0.1, 0.15) is 16.7 Å². The van der Waals surface area contributed by atoms with E-state index < -0.39 is 5.91 Å². The van der Waals surface area contributed by atoms with E-state index in [0.717, 1.165) is 21.9 Å². The molecule has 4 heteroatoms. The number of anilines is 1. The molecule has 0 bridgehead atoms. The summed E-state index contributed by atoms with van der Waals surface area (Å²) < 4.78 is 6.10. The number of para-hydroxylation sites is 1. The predicted molar refractivity (Wildman–Crippen MR) is 128 cm³/mol. The molecule has 0 fully saturated rings. The molecule has 0 aromatic heterocycles. The molecule has 1 amide bonds. The first kappa shape index (κ1) is 20.9. The summed E-state index contributed by atoms with van der Waals surface area (Å²) in [5.41, 5.74) is 3.42.